The Labute approximate surface area is 143 Å². The van der Waals surface area contributed by atoms with Gasteiger partial charge in [0.25, 0.3) is 0 Å². The molecule has 1 saturated heterocycles. The van der Waals surface area contributed by atoms with E-state index in [1.54, 1.807) is 0 Å². The molecule has 0 bridgehead atoms. The van der Waals surface area contributed by atoms with Crippen LogP contribution in [0.15, 0.2) is 54.2 Å². The van der Waals surface area contributed by atoms with E-state index in [1.165, 1.54) is 28.9 Å². The number of halogens is 1. The third kappa shape index (κ3) is 3.09. The van der Waals surface area contributed by atoms with Gasteiger partial charge in [0.15, 0.2) is 0 Å². The fraction of sp³-hybridized carbons (Fsp3) is 0.300. The van der Waals surface area contributed by atoms with Crippen molar-refractivity contribution in [2.24, 2.45) is 0 Å². The molecule has 2 aliphatic rings. The highest BCUT2D eigenvalue weighted by molar-refractivity contribution is 6.30. The van der Waals surface area contributed by atoms with Crippen molar-refractivity contribution in [1.29, 1.82) is 0 Å². The molecule has 23 heavy (non-hydrogen) atoms. The smallest absolute Gasteiger partial charge is 0.0407 e. The molecule has 1 fully saturated rings. The second-order valence-electron chi connectivity index (χ2n) is 6.29. The molecule has 1 aliphatic heterocycles. The number of hydrogen-bond acceptors (Lipinski definition) is 2. The van der Waals surface area contributed by atoms with Gasteiger partial charge in [-0.2, -0.15) is 0 Å². The molecule has 4 rings (SSSR count). The number of piperazine rings is 1. The van der Waals surface area contributed by atoms with Crippen molar-refractivity contribution in [2.45, 2.75) is 12.8 Å². The van der Waals surface area contributed by atoms with Gasteiger partial charge in [-0.1, -0.05) is 35.9 Å². The molecule has 0 aromatic heterocycles. The van der Waals surface area contributed by atoms with Crippen LogP contribution in [0.25, 0.3) is 6.08 Å². The monoisotopic (exact) mass is 324 g/mol. The molecule has 2 nitrogen and oxygen atoms in total. The van der Waals surface area contributed by atoms with Gasteiger partial charge in [0, 0.05) is 42.6 Å². The minimum absolute atomic E-state index is 0.804. The predicted octanol–water partition coefficient (Wildman–Crippen LogP) is 4.45. The molecule has 0 amide bonds. The van der Waals surface area contributed by atoms with Gasteiger partial charge >= 0.3 is 0 Å². The molecule has 0 radical (unpaired) electrons. The fourth-order valence-electron chi connectivity index (χ4n) is 3.57. The molecular weight excluding hydrogens is 304 g/mol. The average molecular weight is 325 g/mol. The van der Waals surface area contributed by atoms with Gasteiger partial charge in [0.2, 0.25) is 0 Å². The van der Waals surface area contributed by atoms with Gasteiger partial charge in [-0.3, -0.25) is 0 Å². The Morgan fingerprint density at radius 3 is 2.22 bits per heavy atom. The van der Waals surface area contributed by atoms with Gasteiger partial charge in [0.1, 0.15) is 0 Å². The molecule has 0 saturated carbocycles. The Morgan fingerprint density at radius 1 is 0.739 bits per heavy atom. The van der Waals surface area contributed by atoms with Crippen LogP contribution < -0.4 is 4.90 Å². The van der Waals surface area contributed by atoms with Crippen molar-refractivity contribution in [1.82, 2.24) is 4.90 Å². The van der Waals surface area contributed by atoms with Crippen LogP contribution in [0.2, 0.25) is 5.02 Å². The van der Waals surface area contributed by atoms with Crippen LogP contribution >= 0.6 is 11.6 Å². The van der Waals surface area contributed by atoms with Crippen LogP contribution in [-0.2, 0) is 6.42 Å². The number of rotatable bonds is 2. The van der Waals surface area contributed by atoms with E-state index in [2.05, 4.69) is 52.3 Å². The van der Waals surface area contributed by atoms with Crippen molar-refractivity contribution in [2.75, 3.05) is 31.1 Å². The largest absolute Gasteiger partial charge is 0.371 e. The van der Waals surface area contributed by atoms with Gasteiger partial charge in [-0.05, 0) is 54.3 Å². The van der Waals surface area contributed by atoms with Crippen molar-refractivity contribution in [3.8, 4) is 0 Å². The molecule has 2 aromatic carbocycles. The number of fused-ring (bicyclic) bond motifs is 1. The molecule has 3 heteroatoms. The number of aryl methyl sites for hydroxylation is 1. The first-order valence-electron chi connectivity index (χ1n) is 8.33. The van der Waals surface area contributed by atoms with E-state index in [1.807, 2.05) is 12.1 Å². The third-order valence-corrected chi connectivity index (χ3v) is 5.16. The highest BCUT2D eigenvalue weighted by Gasteiger charge is 2.21. The maximum absolute atomic E-state index is 5.98. The molecule has 0 unspecified atom stereocenters. The summed E-state index contributed by atoms with van der Waals surface area (Å²) in [5.41, 5.74) is 5.65. The van der Waals surface area contributed by atoms with Crippen LogP contribution in [0.5, 0.6) is 0 Å². The van der Waals surface area contributed by atoms with Gasteiger partial charge in [-0.15, -0.1) is 0 Å². The summed E-state index contributed by atoms with van der Waals surface area (Å²) < 4.78 is 0. The Morgan fingerprint density at radius 2 is 1.43 bits per heavy atom. The Balaban J connectivity index is 1.44. The fourth-order valence-corrected chi connectivity index (χ4v) is 3.70. The highest BCUT2D eigenvalue weighted by atomic mass is 35.5. The molecule has 0 atom stereocenters. The maximum Gasteiger partial charge on any atom is 0.0407 e. The van der Waals surface area contributed by atoms with E-state index in [9.17, 15) is 0 Å². The van der Waals surface area contributed by atoms with E-state index < -0.39 is 0 Å². The van der Waals surface area contributed by atoms with Crippen LogP contribution in [0.4, 0.5) is 5.69 Å². The van der Waals surface area contributed by atoms with E-state index in [0.29, 0.717) is 0 Å². The van der Waals surface area contributed by atoms with E-state index in [-0.39, 0.29) is 0 Å². The zero-order chi connectivity index (χ0) is 15.6. The molecular formula is C20H21ClN2. The van der Waals surface area contributed by atoms with Crippen molar-refractivity contribution in [3.63, 3.8) is 0 Å². The van der Waals surface area contributed by atoms with Crippen molar-refractivity contribution in [3.05, 3.63) is 70.4 Å². The van der Waals surface area contributed by atoms with E-state index >= 15 is 0 Å². The average Bonchev–Trinajstić information content (AvgIpc) is 2.62. The van der Waals surface area contributed by atoms with Crippen LogP contribution in [0, 0.1) is 0 Å². The summed E-state index contributed by atoms with van der Waals surface area (Å²) >= 11 is 5.98. The van der Waals surface area contributed by atoms with Gasteiger partial charge in [0.05, 0.1) is 0 Å². The quantitative estimate of drug-likeness (QED) is 0.805. The molecule has 0 N–H and O–H groups in total. The normalized spacial score (nSPS) is 17.7. The highest BCUT2D eigenvalue weighted by Crippen LogP contribution is 2.27. The minimum Gasteiger partial charge on any atom is -0.371 e. The molecule has 118 valence electrons. The molecule has 1 heterocycles. The van der Waals surface area contributed by atoms with Crippen molar-refractivity contribution < 1.29 is 0 Å². The summed E-state index contributed by atoms with van der Waals surface area (Å²) in [6.45, 7) is 4.33. The predicted molar refractivity (Wildman–Crippen MR) is 98.0 cm³/mol. The zero-order valence-electron chi connectivity index (χ0n) is 13.2. The first-order valence-corrected chi connectivity index (χ1v) is 8.71. The molecule has 1 aliphatic carbocycles. The Kier molecular flexibility index (Phi) is 4.00. The minimum atomic E-state index is 0.804. The summed E-state index contributed by atoms with van der Waals surface area (Å²) in [6.07, 6.45) is 4.72. The number of anilines is 1. The number of hydrogen-bond donors (Lipinski definition) is 0. The van der Waals surface area contributed by atoms with E-state index in [0.717, 1.165) is 37.6 Å². The van der Waals surface area contributed by atoms with Crippen LogP contribution in [-0.4, -0.2) is 31.1 Å². The second-order valence-corrected chi connectivity index (χ2v) is 6.72. The number of benzene rings is 2. The third-order valence-electron chi connectivity index (χ3n) is 4.91. The Hall–Kier alpha value is -1.93. The van der Waals surface area contributed by atoms with Crippen molar-refractivity contribution >= 4 is 23.4 Å². The lowest BCUT2D eigenvalue weighted by Gasteiger charge is -2.39. The molecule has 2 aromatic rings. The summed E-state index contributed by atoms with van der Waals surface area (Å²) in [5, 5.41) is 0.804. The standard InChI is InChI=1S/C20H21ClN2/c21-18-6-9-19(10-7-18)22-11-13-23(14-12-22)20-8-5-16-3-1-2-4-17(16)15-20/h1-4,6-7,9-10,15H,5,8,11-14H2. The summed E-state index contributed by atoms with van der Waals surface area (Å²) in [7, 11) is 0. The summed E-state index contributed by atoms with van der Waals surface area (Å²) in [4.78, 5) is 5.01. The lowest BCUT2D eigenvalue weighted by atomic mass is 9.94. The topological polar surface area (TPSA) is 6.48 Å². The number of allylic oxidation sites excluding steroid dienone is 1. The van der Waals surface area contributed by atoms with E-state index in [4.69, 9.17) is 11.6 Å². The van der Waals surface area contributed by atoms with Crippen LogP contribution in [0.3, 0.4) is 0 Å². The van der Waals surface area contributed by atoms with Crippen LogP contribution in [0.1, 0.15) is 17.5 Å². The first kappa shape index (κ1) is 14.6. The SMILES string of the molecule is Clc1ccc(N2CCN(C3=Cc4ccccc4CC3)CC2)cc1. The van der Waals surface area contributed by atoms with Gasteiger partial charge in [-0.25, -0.2) is 0 Å². The lowest BCUT2D eigenvalue weighted by molar-refractivity contribution is 0.313. The number of nitrogens with zero attached hydrogens (tertiary/aromatic N) is 2. The Bertz CT molecular complexity index is 713. The molecule has 0 spiro atoms. The zero-order valence-corrected chi connectivity index (χ0v) is 14.0. The summed E-state index contributed by atoms with van der Waals surface area (Å²) in [6, 6.07) is 17.0. The second kappa shape index (κ2) is 6.29. The lowest BCUT2D eigenvalue weighted by Crippen LogP contribution is -2.46. The van der Waals surface area contributed by atoms with Gasteiger partial charge < -0.3 is 9.80 Å². The maximum atomic E-state index is 5.98. The summed E-state index contributed by atoms with van der Waals surface area (Å²) in [5.74, 6) is 0. The first-order chi connectivity index (χ1) is 11.3.